The van der Waals surface area contributed by atoms with Gasteiger partial charge in [-0.3, -0.25) is 10.1 Å². The predicted molar refractivity (Wildman–Crippen MR) is 77.1 cm³/mol. The summed E-state index contributed by atoms with van der Waals surface area (Å²) in [6, 6.07) is 9.33. The summed E-state index contributed by atoms with van der Waals surface area (Å²) in [6.07, 6.45) is 1.56. The largest absolute Gasteiger partial charge is 0.360 e. The Morgan fingerprint density at radius 2 is 2.11 bits per heavy atom. The van der Waals surface area contributed by atoms with Crippen LogP contribution in [0, 0.1) is 17.0 Å². The topological polar surface area (TPSA) is 68.1 Å². The first-order valence-electron chi connectivity index (χ1n) is 5.67. The van der Waals surface area contributed by atoms with E-state index >= 15 is 0 Å². The van der Waals surface area contributed by atoms with Crippen LogP contribution < -0.4 is 5.32 Å². The van der Waals surface area contributed by atoms with Crippen molar-refractivity contribution in [1.82, 2.24) is 4.98 Å². The van der Waals surface area contributed by atoms with Crippen LogP contribution >= 0.6 is 15.9 Å². The molecular weight excluding hydrogens is 310 g/mol. The van der Waals surface area contributed by atoms with Crippen LogP contribution in [0.15, 0.2) is 41.0 Å². The van der Waals surface area contributed by atoms with Crippen molar-refractivity contribution in [3.05, 3.63) is 62.2 Å². The Morgan fingerprint density at radius 1 is 1.37 bits per heavy atom. The van der Waals surface area contributed by atoms with Gasteiger partial charge in [0.15, 0.2) is 0 Å². The summed E-state index contributed by atoms with van der Waals surface area (Å²) in [5, 5.41) is 14.0. The highest BCUT2D eigenvalue weighted by Crippen LogP contribution is 2.26. The van der Waals surface area contributed by atoms with E-state index in [0.29, 0.717) is 17.9 Å². The number of benzene rings is 1. The first-order chi connectivity index (χ1) is 9.09. The number of pyridine rings is 1. The van der Waals surface area contributed by atoms with Crippen molar-refractivity contribution in [3.63, 3.8) is 0 Å². The molecule has 6 heteroatoms. The maximum absolute atomic E-state index is 11.0. The number of nitrogens with one attached hydrogen (secondary N) is 1. The molecule has 0 bridgehead atoms. The molecule has 5 nitrogen and oxygen atoms in total. The molecule has 0 unspecified atom stereocenters. The highest BCUT2D eigenvalue weighted by Gasteiger charge is 2.18. The van der Waals surface area contributed by atoms with E-state index in [-0.39, 0.29) is 5.69 Å². The molecule has 2 aromatic rings. The van der Waals surface area contributed by atoms with E-state index < -0.39 is 4.92 Å². The number of nitrogens with zero attached hydrogens (tertiary/aromatic N) is 2. The number of hydrogen-bond acceptors (Lipinski definition) is 4. The normalized spacial score (nSPS) is 10.2. The summed E-state index contributed by atoms with van der Waals surface area (Å²) in [7, 11) is 0. The van der Waals surface area contributed by atoms with Crippen molar-refractivity contribution < 1.29 is 4.92 Å². The molecule has 0 amide bonds. The Hall–Kier alpha value is -1.95. The molecule has 0 saturated heterocycles. The smallest absolute Gasteiger partial charge is 0.314 e. The van der Waals surface area contributed by atoms with Crippen LogP contribution in [0.1, 0.15) is 11.1 Å². The molecule has 0 fully saturated rings. The Labute approximate surface area is 119 Å². The average molecular weight is 322 g/mol. The third kappa shape index (κ3) is 3.08. The van der Waals surface area contributed by atoms with Crippen molar-refractivity contribution in [2.75, 3.05) is 5.32 Å². The van der Waals surface area contributed by atoms with Gasteiger partial charge in [-0.2, -0.15) is 0 Å². The third-order valence-corrected chi connectivity index (χ3v) is 3.49. The number of aryl methyl sites for hydroxylation is 1. The number of aromatic nitrogens is 1. The van der Waals surface area contributed by atoms with Gasteiger partial charge in [-0.05, 0) is 24.6 Å². The summed E-state index contributed by atoms with van der Waals surface area (Å²) < 4.78 is 0.956. The standard InChI is InChI=1S/C13H12BrN3O2/c1-9-6-7-15-13(12(9)17(18)19)16-8-10-4-2-3-5-11(10)14/h2-7H,8H2,1H3,(H,15,16). The number of hydrogen-bond donors (Lipinski definition) is 1. The summed E-state index contributed by atoms with van der Waals surface area (Å²) in [6.45, 7) is 2.17. The first kappa shape index (κ1) is 13.5. The van der Waals surface area contributed by atoms with E-state index in [1.165, 1.54) is 0 Å². The minimum Gasteiger partial charge on any atom is -0.360 e. The predicted octanol–water partition coefficient (Wildman–Crippen LogP) is 3.67. The lowest BCUT2D eigenvalue weighted by Crippen LogP contribution is -2.06. The second kappa shape index (κ2) is 5.79. The van der Waals surface area contributed by atoms with Gasteiger partial charge in [0.2, 0.25) is 5.82 Å². The van der Waals surface area contributed by atoms with Gasteiger partial charge in [0.05, 0.1) is 4.92 Å². The van der Waals surface area contributed by atoms with Crippen molar-refractivity contribution in [1.29, 1.82) is 0 Å². The fraction of sp³-hybridized carbons (Fsp3) is 0.154. The van der Waals surface area contributed by atoms with E-state index in [2.05, 4.69) is 26.2 Å². The maximum atomic E-state index is 11.0. The minimum atomic E-state index is -0.412. The highest BCUT2D eigenvalue weighted by molar-refractivity contribution is 9.10. The van der Waals surface area contributed by atoms with Gasteiger partial charge >= 0.3 is 5.69 Å². The van der Waals surface area contributed by atoms with Crippen molar-refractivity contribution in [3.8, 4) is 0 Å². The van der Waals surface area contributed by atoms with Crippen LogP contribution in [-0.4, -0.2) is 9.91 Å². The van der Waals surface area contributed by atoms with Crippen molar-refractivity contribution >= 4 is 27.4 Å². The van der Waals surface area contributed by atoms with Crippen molar-refractivity contribution in [2.45, 2.75) is 13.5 Å². The lowest BCUT2D eigenvalue weighted by molar-refractivity contribution is -0.384. The summed E-state index contributed by atoms with van der Waals surface area (Å²) in [4.78, 5) is 14.7. The molecule has 0 aliphatic heterocycles. The van der Waals surface area contributed by atoms with E-state index in [1.54, 1.807) is 19.2 Å². The Morgan fingerprint density at radius 3 is 2.79 bits per heavy atom. The van der Waals surface area contributed by atoms with Crippen LogP contribution in [0.2, 0.25) is 0 Å². The zero-order chi connectivity index (χ0) is 13.8. The first-order valence-corrected chi connectivity index (χ1v) is 6.46. The lowest BCUT2D eigenvalue weighted by atomic mass is 10.2. The summed E-state index contributed by atoms with van der Waals surface area (Å²) in [5.74, 6) is 0.292. The molecule has 1 aromatic heterocycles. The monoisotopic (exact) mass is 321 g/mol. The molecule has 2 rings (SSSR count). The zero-order valence-electron chi connectivity index (χ0n) is 10.3. The van der Waals surface area contributed by atoms with Gasteiger partial charge < -0.3 is 5.32 Å². The van der Waals surface area contributed by atoms with E-state index in [1.807, 2.05) is 24.3 Å². The maximum Gasteiger partial charge on any atom is 0.314 e. The van der Waals surface area contributed by atoms with Crippen LogP contribution in [0.4, 0.5) is 11.5 Å². The molecule has 0 atom stereocenters. The van der Waals surface area contributed by atoms with Crippen LogP contribution in [0.3, 0.4) is 0 Å². The SMILES string of the molecule is Cc1ccnc(NCc2ccccc2Br)c1[N+](=O)[O-]. The van der Waals surface area contributed by atoms with Gasteiger partial charge in [0, 0.05) is 22.8 Å². The van der Waals surface area contributed by atoms with E-state index in [9.17, 15) is 10.1 Å². The Bertz CT molecular complexity index is 617. The number of anilines is 1. The molecule has 19 heavy (non-hydrogen) atoms. The van der Waals surface area contributed by atoms with Crippen LogP contribution in [0.5, 0.6) is 0 Å². The minimum absolute atomic E-state index is 0.0227. The number of nitro groups is 1. The fourth-order valence-corrected chi connectivity index (χ4v) is 2.16. The average Bonchev–Trinajstić information content (AvgIpc) is 2.37. The quantitative estimate of drug-likeness (QED) is 0.689. The van der Waals surface area contributed by atoms with E-state index in [0.717, 1.165) is 10.0 Å². The molecule has 0 spiro atoms. The van der Waals surface area contributed by atoms with Gasteiger partial charge in [-0.1, -0.05) is 34.1 Å². The molecule has 1 N–H and O–H groups in total. The van der Waals surface area contributed by atoms with Crippen molar-refractivity contribution in [2.24, 2.45) is 0 Å². The molecule has 0 aliphatic rings. The second-order valence-electron chi connectivity index (χ2n) is 4.03. The zero-order valence-corrected chi connectivity index (χ0v) is 11.8. The highest BCUT2D eigenvalue weighted by atomic mass is 79.9. The Balaban J connectivity index is 2.23. The number of halogens is 1. The molecule has 98 valence electrons. The molecule has 1 aromatic carbocycles. The Kier molecular flexibility index (Phi) is 4.11. The summed E-state index contributed by atoms with van der Waals surface area (Å²) >= 11 is 3.44. The van der Waals surface area contributed by atoms with Gasteiger partial charge in [0.1, 0.15) is 0 Å². The van der Waals surface area contributed by atoms with Gasteiger partial charge in [-0.15, -0.1) is 0 Å². The van der Waals surface area contributed by atoms with Crippen LogP contribution in [0.25, 0.3) is 0 Å². The molecule has 0 radical (unpaired) electrons. The summed E-state index contributed by atoms with van der Waals surface area (Å²) in [5.41, 5.74) is 1.63. The molecule has 0 saturated carbocycles. The van der Waals surface area contributed by atoms with E-state index in [4.69, 9.17) is 0 Å². The van der Waals surface area contributed by atoms with Crippen LogP contribution in [-0.2, 0) is 6.54 Å². The van der Waals surface area contributed by atoms with Gasteiger partial charge in [-0.25, -0.2) is 4.98 Å². The molecule has 0 aliphatic carbocycles. The third-order valence-electron chi connectivity index (χ3n) is 2.71. The fourth-order valence-electron chi connectivity index (χ4n) is 1.73. The molecule has 1 heterocycles. The lowest BCUT2D eigenvalue weighted by Gasteiger charge is -2.08. The molecular formula is C13H12BrN3O2. The van der Waals surface area contributed by atoms with Gasteiger partial charge in [0.25, 0.3) is 0 Å². The second-order valence-corrected chi connectivity index (χ2v) is 4.88. The number of rotatable bonds is 4.